The average Bonchev–Trinajstić information content (AvgIpc) is 3.38. The molecule has 4 aromatic rings. The molecule has 0 bridgehead atoms. The molecule has 0 unspecified atom stereocenters. The average molecular weight is 605 g/mol. The number of para-hydroxylation sites is 1. The second-order valence-corrected chi connectivity index (χ2v) is 12.2. The van der Waals surface area contributed by atoms with E-state index in [1.54, 1.807) is 35.2 Å². The molecule has 1 saturated heterocycles. The summed E-state index contributed by atoms with van der Waals surface area (Å²) in [5, 5.41) is 0.475. The molecule has 0 spiro atoms. The fourth-order valence-corrected chi connectivity index (χ4v) is 6.63. The second kappa shape index (κ2) is 13.0. The van der Waals surface area contributed by atoms with Crippen molar-refractivity contribution in [2.75, 3.05) is 55.6 Å². The Morgan fingerprint density at radius 3 is 2.45 bits per heavy atom. The van der Waals surface area contributed by atoms with Crippen molar-refractivity contribution in [3.05, 3.63) is 84.2 Å². The lowest BCUT2D eigenvalue weighted by atomic mass is 10.2. The Morgan fingerprint density at radius 1 is 1.05 bits per heavy atom. The first-order chi connectivity index (χ1) is 18.8. The van der Waals surface area contributed by atoms with Crippen molar-refractivity contribution in [2.45, 2.75) is 11.3 Å². The van der Waals surface area contributed by atoms with Gasteiger partial charge in [0, 0.05) is 38.8 Å². The predicted molar refractivity (Wildman–Crippen MR) is 159 cm³/mol. The van der Waals surface area contributed by atoms with Crippen LogP contribution in [0.4, 0.5) is 15.2 Å². The number of carbonyl (C=O) groups excluding carboxylic acids is 1. The molecule has 3 aromatic carbocycles. The number of rotatable bonds is 9. The Kier molecular flexibility index (Phi) is 9.75. The summed E-state index contributed by atoms with van der Waals surface area (Å²) in [4.78, 5) is 22.3. The van der Waals surface area contributed by atoms with E-state index in [0.29, 0.717) is 52.8 Å². The first-order valence-corrected chi connectivity index (χ1v) is 14.9. The van der Waals surface area contributed by atoms with Crippen molar-refractivity contribution in [2.24, 2.45) is 0 Å². The molecule has 8 nitrogen and oxygen atoms in total. The lowest BCUT2D eigenvalue weighted by Crippen LogP contribution is -2.39. The number of fused-ring (bicyclic) bond motifs is 1. The Morgan fingerprint density at radius 2 is 1.75 bits per heavy atom. The number of hydrogen-bond acceptors (Lipinski definition) is 7. The maximum absolute atomic E-state index is 13.8. The lowest BCUT2D eigenvalue weighted by molar-refractivity contribution is 0.0376. The highest BCUT2D eigenvalue weighted by atomic mass is 35.5. The van der Waals surface area contributed by atoms with Crippen LogP contribution in [0.5, 0.6) is 0 Å². The molecule has 0 aliphatic carbocycles. The topological polar surface area (TPSA) is 83.1 Å². The minimum absolute atomic E-state index is 0. The smallest absolute Gasteiger partial charge is 0.264 e. The standard InChI is InChI=1S/C28H29FN4O4S2.ClH/c1-31(23-6-3-2-4-7-23)39(35,36)24-11-8-21(9-12-24)27(34)33(15-5-14-32-16-18-37-19-17-32)28-30-25-13-10-22(29)20-26(25)38-28;/h2-4,6-13,20H,5,14-19H2,1H3;1H. The molecule has 1 aromatic heterocycles. The molecular formula is C28H30ClFN4O4S2. The normalized spacial score (nSPS) is 14.1. The maximum Gasteiger partial charge on any atom is 0.264 e. The van der Waals surface area contributed by atoms with Crippen molar-refractivity contribution < 1.29 is 22.3 Å². The van der Waals surface area contributed by atoms with E-state index >= 15 is 0 Å². The number of nitrogens with zero attached hydrogens (tertiary/aromatic N) is 4. The number of aromatic nitrogens is 1. The third-order valence-corrected chi connectivity index (χ3v) is 9.50. The molecule has 212 valence electrons. The summed E-state index contributed by atoms with van der Waals surface area (Å²) in [6.45, 7) is 4.30. The Balaban J connectivity index is 0.00000370. The number of benzene rings is 3. The molecule has 1 amide bonds. The van der Waals surface area contributed by atoms with Crippen LogP contribution in [-0.2, 0) is 14.8 Å². The van der Waals surface area contributed by atoms with Gasteiger partial charge in [-0.05, 0) is 61.0 Å². The van der Waals surface area contributed by atoms with Crippen LogP contribution in [0, 0.1) is 5.82 Å². The third kappa shape index (κ3) is 6.61. The number of anilines is 2. The highest BCUT2D eigenvalue weighted by Gasteiger charge is 2.25. The first-order valence-electron chi connectivity index (χ1n) is 12.6. The fraction of sp³-hybridized carbons (Fsp3) is 0.286. The molecule has 1 aliphatic heterocycles. The zero-order valence-electron chi connectivity index (χ0n) is 21.9. The van der Waals surface area contributed by atoms with E-state index < -0.39 is 10.0 Å². The zero-order chi connectivity index (χ0) is 27.4. The zero-order valence-corrected chi connectivity index (χ0v) is 24.4. The molecule has 0 N–H and O–H groups in total. The number of morpholine rings is 1. The van der Waals surface area contributed by atoms with Gasteiger partial charge in [0.1, 0.15) is 5.82 Å². The van der Waals surface area contributed by atoms with Gasteiger partial charge < -0.3 is 4.74 Å². The van der Waals surface area contributed by atoms with Crippen LogP contribution in [0.3, 0.4) is 0 Å². The SMILES string of the molecule is CN(c1ccccc1)S(=O)(=O)c1ccc(C(=O)N(CCCN2CCOCC2)c2nc3ccc(F)cc3s2)cc1.Cl. The van der Waals surface area contributed by atoms with Gasteiger partial charge in [-0.25, -0.2) is 17.8 Å². The van der Waals surface area contributed by atoms with Crippen molar-refractivity contribution in [1.29, 1.82) is 0 Å². The summed E-state index contributed by atoms with van der Waals surface area (Å²) in [5.74, 6) is -0.656. The number of amides is 1. The Hall–Kier alpha value is -3.09. The fourth-order valence-electron chi connectivity index (χ4n) is 4.42. The third-order valence-electron chi connectivity index (χ3n) is 6.65. The predicted octanol–water partition coefficient (Wildman–Crippen LogP) is 5.05. The highest BCUT2D eigenvalue weighted by molar-refractivity contribution is 7.92. The lowest BCUT2D eigenvalue weighted by Gasteiger charge is -2.27. The summed E-state index contributed by atoms with van der Waals surface area (Å²) in [6, 6.07) is 19.1. The van der Waals surface area contributed by atoms with Crippen molar-refractivity contribution in [3.63, 3.8) is 0 Å². The number of sulfonamides is 1. The molecule has 0 radical (unpaired) electrons. The molecule has 0 atom stereocenters. The molecule has 0 saturated carbocycles. The van der Waals surface area contributed by atoms with Gasteiger partial charge in [-0.2, -0.15) is 0 Å². The number of halogens is 2. The van der Waals surface area contributed by atoms with E-state index in [9.17, 15) is 17.6 Å². The molecule has 1 fully saturated rings. The van der Waals surface area contributed by atoms with Crippen LogP contribution in [0.1, 0.15) is 16.8 Å². The molecule has 40 heavy (non-hydrogen) atoms. The van der Waals surface area contributed by atoms with Crippen LogP contribution in [0.15, 0.2) is 77.7 Å². The Labute approximate surface area is 243 Å². The van der Waals surface area contributed by atoms with Gasteiger partial charge >= 0.3 is 0 Å². The van der Waals surface area contributed by atoms with Crippen molar-refractivity contribution in [3.8, 4) is 0 Å². The van der Waals surface area contributed by atoms with Gasteiger partial charge in [0.2, 0.25) is 0 Å². The summed E-state index contributed by atoms with van der Waals surface area (Å²) in [6.07, 6.45) is 0.713. The van der Waals surface area contributed by atoms with Crippen LogP contribution < -0.4 is 9.21 Å². The largest absolute Gasteiger partial charge is 0.379 e. The first kappa shape index (κ1) is 29.9. The van der Waals surface area contributed by atoms with E-state index in [1.165, 1.54) is 59.1 Å². The van der Waals surface area contributed by atoms with Gasteiger partial charge in [0.25, 0.3) is 15.9 Å². The van der Waals surface area contributed by atoms with Crippen LogP contribution in [0.2, 0.25) is 0 Å². The van der Waals surface area contributed by atoms with Gasteiger partial charge in [0.05, 0.1) is 34.0 Å². The maximum atomic E-state index is 13.8. The van der Waals surface area contributed by atoms with Crippen molar-refractivity contribution >= 4 is 60.7 Å². The molecule has 1 aliphatic rings. The van der Waals surface area contributed by atoms with Crippen LogP contribution in [0.25, 0.3) is 10.2 Å². The minimum Gasteiger partial charge on any atom is -0.379 e. The van der Waals surface area contributed by atoms with Crippen molar-refractivity contribution in [1.82, 2.24) is 9.88 Å². The molecule has 5 rings (SSSR count). The van der Waals surface area contributed by atoms with Crippen LogP contribution in [-0.4, -0.2) is 70.6 Å². The summed E-state index contributed by atoms with van der Waals surface area (Å²) in [5.41, 5.74) is 1.50. The summed E-state index contributed by atoms with van der Waals surface area (Å²) >= 11 is 1.26. The Bertz CT molecular complexity index is 1550. The van der Waals surface area contributed by atoms with Gasteiger partial charge in [0.15, 0.2) is 5.13 Å². The van der Waals surface area contributed by atoms with E-state index in [2.05, 4.69) is 9.88 Å². The number of carbonyl (C=O) groups is 1. The highest BCUT2D eigenvalue weighted by Crippen LogP contribution is 2.31. The van der Waals surface area contributed by atoms with Crippen LogP contribution >= 0.6 is 23.7 Å². The minimum atomic E-state index is -3.81. The molecule has 2 heterocycles. The molecule has 12 heteroatoms. The van der Waals surface area contributed by atoms with E-state index in [-0.39, 0.29) is 29.0 Å². The monoisotopic (exact) mass is 604 g/mol. The van der Waals surface area contributed by atoms with E-state index in [0.717, 1.165) is 19.6 Å². The summed E-state index contributed by atoms with van der Waals surface area (Å²) in [7, 11) is -2.31. The second-order valence-electron chi connectivity index (χ2n) is 9.21. The number of ether oxygens (including phenoxy) is 1. The quantitative estimate of drug-likeness (QED) is 0.266. The number of thiazole rings is 1. The number of hydrogen-bond donors (Lipinski definition) is 0. The van der Waals surface area contributed by atoms with E-state index in [1.807, 2.05) is 6.07 Å². The van der Waals surface area contributed by atoms with E-state index in [4.69, 9.17) is 4.74 Å². The molecular weight excluding hydrogens is 575 g/mol. The summed E-state index contributed by atoms with van der Waals surface area (Å²) < 4.78 is 47.4. The van der Waals surface area contributed by atoms with Gasteiger partial charge in [-0.1, -0.05) is 29.5 Å². The van der Waals surface area contributed by atoms with Gasteiger partial charge in [-0.15, -0.1) is 12.4 Å². The van der Waals surface area contributed by atoms with Gasteiger partial charge in [-0.3, -0.25) is 18.9 Å².